The van der Waals surface area contributed by atoms with Gasteiger partial charge in [-0.15, -0.1) is 11.3 Å². The van der Waals surface area contributed by atoms with Gasteiger partial charge in [0, 0.05) is 27.0 Å². The van der Waals surface area contributed by atoms with Gasteiger partial charge in [-0.05, 0) is 30.4 Å². The summed E-state index contributed by atoms with van der Waals surface area (Å²) in [5.41, 5.74) is 1.56. The van der Waals surface area contributed by atoms with E-state index in [2.05, 4.69) is 24.8 Å². The van der Waals surface area contributed by atoms with E-state index in [9.17, 15) is 0 Å². The molecule has 0 aromatic carbocycles. The summed E-state index contributed by atoms with van der Waals surface area (Å²) in [4.78, 5) is 3.11. The van der Waals surface area contributed by atoms with Crippen molar-refractivity contribution < 1.29 is 0 Å². The Morgan fingerprint density at radius 2 is 1.64 bits per heavy atom. The van der Waals surface area contributed by atoms with Gasteiger partial charge in [-0.1, -0.05) is 0 Å². The Morgan fingerprint density at radius 1 is 1.00 bits per heavy atom. The van der Waals surface area contributed by atoms with Gasteiger partial charge in [0.15, 0.2) is 0 Å². The summed E-state index contributed by atoms with van der Waals surface area (Å²) < 4.78 is 0. The van der Waals surface area contributed by atoms with Crippen molar-refractivity contribution in [1.82, 2.24) is 0 Å². The number of hydrogen-bond donors (Lipinski definition) is 0. The first-order valence-corrected chi connectivity index (χ1v) is 9.39. The highest BCUT2D eigenvalue weighted by atomic mass is 32.2. The van der Waals surface area contributed by atoms with Gasteiger partial charge >= 0.3 is 0 Å². The molecule has 0 aliphatic heterocycles. The molecule has 0 atom stereocenters. The van der Waals surface area contributed by atoms with E-state index >= 15 is 0 Å². The first-order valence-electron chi connectivity index (χ1n) is 4.39. The number of thioether (sulfide) groups is 3. The third-order valence-electron chi connectivity index (χ3n) is 1.81. The maximum Gasteiger partial charge on any atom is 0.0279 e. The Balaban J connectivity index is 2.76. The smallest absolute Gasteiger partial charge is 0.0279 e. The maximum absolute atomic E-state index is 2.39. The van der Waals surface area contributed by atoms with Crippen LogP contribution < -0.4 is 0 Å². The molecule has 0 saturated carbocycles. The van der Waals surface area contributed by atoms with Crippen molar-refractivity contribution in [3.05, 3.63) is 21.4 Å². The zero-order chi connectivity index (χ0) is 10.4. The minimum Gasteiger partial charge on any atom is -0.161 e. The maximum atomic E-state index is 2.39. The lowest BCUT2D eigenvalue weighted by atomic mass is 10.3. The molecular formula is C10H16S4. The summed E-state index contributed by atoms with van der Waals surface area (Å²) in [6.45, 7) is 0. The van der Waals surface area contributed by atoms with Crippen LogP contribution in [0, 0.1) is 0 Å². The fourth-order valence-electron chi connectivity index (χ4n) is 1.27. The van der Waals surface area contributed by atoms with Crippen molar-refractivity contribution in [3.8, 4) is 0 Å². The molecule has 1 rings (SSSR count). The highest BCUT2D eigenvalue weighted by Crippen LogP contribution is 2.30. The van der Waals surface area contributed by atoms with Crippen LogP contribution in [0.1, 0.15) is 15.3 Å². The Morgan fingerprint density at radius 3 is 2.21 bits per heavy atom. The minimum absolute atomic E-state index is 1.17. The first-order chi connectivity index (χ1) is 6.81. The molecule has 0 bridgehead atoms. The second-order valence-corrected chi connectivity index (χ2v) is 6.78. The summed E-state index contributed by atoms with van der Waals surface area (Å²) >= 11 is 7.74. The first kappa shape index (κ1) is 12.8. The van der Waals surface area contributed by atoms with Gasteiger partial charge < -0.3 is 0 Å². The summed E-state index contributed by atoms with van der Waals surface area (Å²) in [6.07, 6.45) is 6.52. The highest BCUT2D eigenvalue weighted by molar-refractivity contribution is 7.98. The van der Waals surface area contributed by atoms with Crippen LogP contribution in [0.25, 0.3) is 0 Å². The quantitative estimate of drug-likeness (QED) is 0.750. The van der Waals surface area contributed by atoms with E-state index in [4.69, 9.17) is 0 Å². The van der Waals surface area contributed by atoms with Crippen LogP contribution in [0.5, 0.6) is 0 Å². The van der Waals surface area contributed by atoms with Crippen molar-refractivity contribution in [1.29, 1.82) is 0 Å². The predicted octanol–water partition coefficient (Wildman–Crippen LogP) is 4.34. The molecule has 1 aromatic rings. The van der Waals surface area contributed by atoms with Crippen LogP contribution in [-0.2, 0) is 17.3 Å². The number of thiophene rings is 1. The molecule has 0 spiro atoms. The van der Waals surface area contributed by atoms with E-state index in [1.165, 1.54) is 22.1 Å². The van der Waals surface area contributed by atoms with Crippen LogP contribution >= 0.6 is 46.6 Å². The van der Waals surface area contributed by atoms with Crippen LogP contribution in [0.15, 0.2) is 6.07 Å². The molecule has 14 heavy (non-hydrogen) atoms. The third-order valence-corrected chi connectivity index (χ3v) is 5.13. The van der Waals surface area contributed by atoms with Gasteiger partial charge in [-0.2, -0.15) is 35.3 Å². The average Bonchev–Trinajstić information content (AvgIpc) is 2.50. The molecule has 0 saturated heterocycles. The molecule has 0 aliphatic carbocycles. The fraction of sp³-hybridized carbons (Fsp3) is 0.600. The second-order valence-electron chi connectivity index (χ2n) is 2.96. The fourth-order valence-corrected chi connectivity index (χ4v) is 4.71. The molecule has 1 aromatic heterocycles. The van der Waals surface area contributed by atoms with Crippen LogP contribution in [0.2, 0.25) is 0 Å². The summed E-state index contributed by atoms with van der Waals surface area (Å²) in [5.74, 6) is 3.51. The lowest BCUT2D eigenvalue weighted by molar-refractivity contribution is 1.36. The largest absolute Gasteiger partial charge is 0.161 e. The van der Waals surface area contributed by atoms with Crippen molar-refractivity contribution in [2.75, 3.05) is 18.8 Å². The predicted molar refractivity (Wildman–Crippen MR) is 76.0 cm³/mol. The van der Waals surface area contributed by atoms with Crippen molar-refractivity contribution >= 4 is 46.6 Å². The molecule has 0 nitrogen and oxygen atoms in total. The van der Waals surface area contributed by atoms with Crippen molar-refractivity contribution in [3.63, 3.8) is 0 Å². The number of rotatable bonds is 6. The molecule has 0 aliphatic rings. The van der Waals surface area contributed by atoms with E-state index in [0.29, 0.717) is 0 Å². The van der Waals surface area contributed by atoms with Crippen LogP contribution in [0.3, 0.4) is 0 Å². The Hall–Kier alpha value is 0.750. The standard InChI is InChI=1S/C10H16S4/c1-11-5-8-4-9(6-12-2)14-10(8)7-13-3/h4H,5-7H2,1-3H3. The minimum atomic E-state index is 1.17. The normalized spacial score (nSPS) is 10.8. The summed E-state index contributed by atoms with van der Waals surface area (Å²) in [5, 5.41) is 0. The van der Waals surface area contributed by atoms with Crippen molar-refractivity contribution in [2.24, 2.45) is 0 Å². The zero-order valence-corrected chi connectivity index (χ0v) is 12.1. The van der Waals surface area contributed by atoms with E-state index in [1.807, 2.05) is 46.6 Å². The van der Waals surface area contributed by atoms with Crippen molar-refractivity contribution in [2.45, 2.75) is 17.3 Å². The van der Waals surface area contributed by atoms with E-state index < -0.39 is 0 Å². The SMILES string of the molecule is CSCc1cc(CSC)c(CSC)s1. The van der Waals surface area contributed by atoms with Gasteiger partial charge in [0.05, 0.1) is 0 Å². The second kappa shape index (κ2) is 7.09. The zero-order valence-electron chi connectivity index (χ0n) is 8.83. The number of hydrogen-bond acceptors (Lipinski definition) is 4. The molecule has 0 radical (unpaired) electrons. The van der Waals surface area contributed by atoms with Gasteiger partial charge in [-0.25, -0.2) is 0 Å². The van der Waals surface area contributed by atoms with Gasteiger partial charge in [0.2, 0.25) is 0 Å². The highest BCUT2D eigenvalue weighted by Gasteiger charge is 2.07. The Kier molecular flexibility index (Phi) is 6.50. The van der Waals surface area contributed by atoms with E-state index in [-0.39, 0.29) is 0 Å². The molecule has 80 valence electrons. The lowest BCUT2D eigenvalue weighted by Gasteiger charge is -1.98. The molecule has 0 unspecified atom stereocenters. The topological polar surface area (TPSA) is 0 Å². The molecule has 0 fully saturated rings. The molecule has 4 heteroatoms. The Labute approximate surface area is 104 Å². The molecule has 0 amide bonds. The van der Waals surface area contributed by atoms with E-state index in [1.54, 1.807) is 10.4 Å². The average molecular weight is 265 g/mol. The molecule has 0 N–H and O–H groups in total. The van der Waals surface area contributed by atoms with Gasteiger partial charge in [0.25, 0.3) is 0 Å². The third kappa shape index (κ3) is 3.72. The monoisotopic (exact) mass is 264 g/mol. The van der Waals surface area contributed by atoms with Gasteiger partial charge in [0.1, 0.15) is 0 Å². The van der Waals surface area contributed by atoms with Gasteiger partial charge in [-0.3, -0.25) is 0 Å². The van der Waals surface area contributed by atoms with E-state index in [0.717, 1.165) is 0 Å². The summed E-state index contributed by atoms with van der Waals surface area (Å²) in [7, 11) is 0. The lowest BCUT2D eigenvalue weighted by Crippen LogP contribution is -1.81. The molecular weight excluding hydrogens is 248 g/mol. The van der Waals surface area contributed by atoms with Crippen LogP contribution in [0.4, 0.5) is 0 Å². The Bertz CT molecular complexity index is 244. The molecule has 1 heterocycles. The van der Waals surface area contributed by atoms with Crippen LogP contribution in [-0.4, -0.2) is 18.8 Å². The summed E-state index contributed by atoms with van der Waals surface area (Å²) in [6, 6.07) is 2.39.